The van der Waals surface area contributed by atoms with Crippen LogP contribution < -0.4 is 0 Å². The Labute approximate surface area is 192 Å². The van der Waals surface area contributed by atoms with Gasteiger partial charge in [-0.05, 0) is 0 Å². The minimum absolute atomic E-state index is 0.609. The van der Waals surface area contributed by atoms with Crippen molar-refractivity contribution < 1.29 is 79.9 Å². The van der Waals surface area contributed by atoms with Gasteiger partial charge in [0, 0.05) is 0 Å². The monoisotopic (exact) mass is 504 g/mol. The van der Waals surface area contributed by atoms with E-state index in [1.54, 1.807) is 0 Å². The molecule has 3 heterocycles. The summed E-state index contributed by atoms with van der Waals surface area (Å²) >= 11 is 0. The second kappa shape index (κ2) is 11.6. The van der Waals surface area contributed by atoms with Crippen molar-refractivity contribution in [3.8, 4) is 0 Å². The van der Waals surface area contributed by atoms with Gasteiger partial charge in [0.05, 0.1) is 19.8 Å². The summed E-state index contributed by atoms with van der Waals surface area (Å²) in [5.41, 5.74) is 0. The maximum absolute atomic E-state index is 10.3. The molecule has 15 atom stereocenters. The Morgan fingerprint density at radius 1 is 0.500 bits per heavy atom. The quantitative estimate of drug-likeness (QED) is 0.154. The highest BCUT2D eigenvalue weighted by Gasteiger charge is 2.51. The molecule has 0 spiro atoms. The summed E-state index contributed by atoms with van der Waals surface area (Å²) in [5.74, 6) is 0. The average Bonchev–Trinajstić information content (AvgIpc) is 2.82. The zero-order valence-corrected chi connectivity index (χ0v) is 17.7. The fourth-order valence-corrected chi connectivity index (χ4v) is 3.95. The van der Waals surface area contributed by atoms with Crippen molar-refractivity contribution in [2.75, 3.05) is 19.8 Å². The van der Waals surface area contributed by atoms with E-state index in [0.29, 0.717) is 0 Å². The minimum Gasteiger partial charge on any atom is -0.394 e. The highest BCUT2D eigenvalue weighted by atomic mass is 16.7. The van der Waals surface area contributed by atoms with E-state index in [2.05, 4.69) is 0 Å². The van der Waals surface area contributed by atoms with E-state index >= 15 is 0 Å². The molecule has 16 heteroatoms. The molecule has 0 amide bonds. The Balaban J connectivity index is 1.66. The van der Waals surface area contributed by atoms with Gasteiger partial charge < -0.3 is 79.9 Å². The molecule has 3 fully saturated rings. The fourth-order valence-electron chi connectivity index (χ4n) is 3.95. The molecule has 0 aromatic rings. The molecule has 0 bridgehead atoms. The molecule has 34 heavy (non-hydrogen) atoms. The van der Waals surface area contributed by atoms with E-state index in [1.165, 1.54) is 0 Å². The topological polar surface area (TPSA) is 269 Å². The van der Waals surface area contributed by atoms with Crippen LogP contribution in [0.5, 0.6) is 0 Å². The number of aliphatic hydroxyl groups is 11. The molecule has 0 radical (unpaired) electrons. The maximum atomic E-state index is 10.3. The number of aliphatic hydroxyl groups excluding tert-OH is 11. The van der Waals surface area contributed by atoms with Crippen LogP contribution in [0.15, 0.2) is 0 Å². The van der Waals surface area contributed by atoms with Crippen LogP contribution in [0, 0.1) is 0 Å². The molecule has 0 aromatic heterocycles. The van der Waals surface area contributed by atoms with Gasteiger partial charge in [-0.1, -0.05) is 0 Å². The van der Waals surface area contributed by atoms with Gasteiger partial charge in [-0.3, -0.25) is 0 Å². The summed E-state index contributed by atoms with van der Waals surface area (Å²) in [5, 5.41) is 109. The molecule has 3 aliphatic heterocycles. The van der Waals surface area contributed by atoms with Crippen LogP contribution >= 0.6 is 0 Å². The second-order valence-electron chi connectivity index (χ2n) is 8.37. The van der Waals surface area contributed by atoms with Crippen LogP contribution in [-0.4, -0.2) is 168 Å². The number of hydrogen-bond donors (Lipinski definition) is 11. The first kappa shape index (κ1) is 27.9. The van der Waals surface area contributed by atoms with Gasteiger partial charge >= 0.3 is 0 Å². The summed E-state index contributed by atoms with van der Waals surface area (Å²) in [6.07, 6.45) is -24.9. The molecule has 0 aliphatic carbocycles. The van der Waals surface area contributed by atoms with Crippen molar-refractivity contribution in [3.63, 3.8) is 0 Å². The molecule has 0 saturated carbocycles. The van der Waals surface area contributed by atoms with E-state index in [1.807, 2.05) is 0 Å². The van der Waals surface area contributed by atoms with Crippen LogP contribution in [0.1, 0.15) is 0 Å². The normalized spacial score (nSPS) is 52.5. The van der Waals surface area contributed by atoms with E-state index < -0.39 is 112 Å². The van der Waals surface area contributed by atoms with Gasteiger partial charge in [0.25, 0.3) is 0 Å². The van der Waals surface area contributed by atoms with E-state index in [9.17, 15) is 56.2 Å². The van der Waals surface area contributed by atoms with Crippen molar-refractivity contribution in [3.05, 3.63) is 0 Å². The highest BCUT2D eigenvalue weighted by Crippen LogP contribution is 2.29. The average molecular weight is 504 g/mol. The van der Waals surface area contributed by atoms with Gasteiger partial charge in [0.1, 0.15) is 73.2 Å². The molecule has 3 aliphatic rings. The number of hydrogen-bond acceptors (Lipinski definition) is 16. The third kappa shape index (κ3) is 5.52. The molecule has 11 N–H and O–H groups in total. The van der Waals surface area contributed by atoms with E-state index in [-0.39, 0.29) is 0 Å². The molecule has 16 nitrogen and oxygen atoms in total. The Morgan fingerprint density at radius 3 is 1.62 bits per heavy atom. The first-order chi connectivity index (χ1) is 16.0. The highest BCUT2D eigenvalue weighted by molar-refractivity contribution is 4.94. The molecular formula is C18H32O16. The van der Waals surface area contributed by atoms with Crippen LogP contribution in [0.3, 0.4) is 0 Å². The van der Waals surface area contributed by atoms with Crippen LogP contribution in [0.2, 0.25) is 0 Å². The molecule has 3 rings (SSSR count). The summed E-state index contributed by atoms with van der Waals surface area (Å²) in [4.78, 5) is 0. The van der Waals surface area contributed by atoms with Crippen molar-refractivity contribution in [2.45, 2.75) is 92.1 Å². The van der Waals surface area contributed by atoms with Crippen molar-refractivity contribution in [1.82, 2.24) is 0 Å². The van der Waals surface area contributed by atoms with Gasteiger partial charge in [0.15, 0.2) is 18.9 Å². The first-order valence-electron chi connectivity index (χ1n) is 10.6. The van der Waals surface area contributed by atoms with E-state index in [0.717, 1.165) is 0 Å². The maximum Gasteiger partial charge on any atom is 0.187 e. The predicted molar refractivity (Wildman–Crippen MR) is 101 cm³/mol. The third-order valence-corrected chi connectivity index (χ3v) is 6.07. The second-order valence-corrected chi connectivity index (χ2v) is 8.37. The first-order valence-corrected chi connectivity index (χ1v) is 10.6. The van der Waals surface area contributed by atoms with Gasteiger partial charge in [0.2, 0.25) is 0 Å². The Hall–Kier alpha value is -0.640. The van der Waals surface area contributed by atoms with Crippen LogP contribution in [0.4, 0.5) is 0 Å². The summed E-state index contributed by atoms with van der Waals surface area (Å²) < 4.78 is 26.3. The standard InChI is InChI=1S/C18H32O16/c19-1-4-7(21)9(23)13(27)17(32-4)30-3-6-8(22)10(24)14(28)18(33-6)34-15-5(2-20)31-16(29)12(26)11(15)25/h4-29H,1-3H2/t4-,5-,6-,7-,8-,9+,10+,11-,12-,13-,14-,15-,16-,17?,18+/m1/s1. The lowest BCUT2D eigenvalue weighted by Gasteiger charge is -2.45. The summed E-state index contributed by atoms with van der Waals surface area (Å²) in [7, 11) is 0. The largest absolute Gasteiger partial charge is 0.394 e. The van der Waals surface area contributed by atoms with Gasteiger partial charge in [-0.15, -0.1) is 0 Å². The zero-order chi connectivity index (χ0) is 25.3. The van der Waals surface area contributed by atoms with Crippen molar-refractivity contribution >= 4 is 0 Å². The van der Waals surface area contributed by atoms with Crippen molar-refractivity contribution in [2.24, 2.45) is 0 Å². The lowest BCUT2D eigenvalue weighted by Crippen LogP contribution is -2.65. The summed E-state index contributed by atoms with van der Waals surface area (Å²) in [6.45, 7) is -2.07. The van der Waals surface area contributed by atoms with E-state index in [4.69, 9.17) is 23.7 Å². The van der Waals surface area contributed by atoms with Crippen LogP contribution in [0.25, 0.3) is 0 Å². The lowest BCUT2D eigenvalue weighted by molar-refractivity contribution is -0.362. The molecule has 3 saturated heterocycles. The Kier molecular flexibility index (Phi) is 9.54. The molecular weight excluding hydrogens is 472 g/mol. The lowest BCUT2D eigenvalue weighted by atomic mass is 9.97. The van der Waals surface area contributed by atoms with Crippen LogP contribution in [-0.2, 0) is 23.7 Å². The Morgan fingerprint density at radius 2 is 1.03 bits per heavy atom. The molecule has 200 valence electrons. The third-order valence-electron chi connectivity index (χ3n) is 6.07. The smallest absolute Gasteiger partial charge is 0.187 e. The summed E-state index contributed by atoms with van der Waals surface area (Å²) in [6, 6.07) is 0. The van der Waals surface area contributed by atoms with Crippen molar-refractivity contribution in [1.29, 1.82) is 0 Å². The minimum atomic E-state index is -1.87. The zero-order valence-electron chi connectivity index (χ0n) is 17.7. The van der Waals surface area contributed by atoms with Gasteiger partial charge in [-0.2, -0.15) is 0 Å². The SMILES string of the molecule is OC[C@H]1OC(OC[C@H]2O[C@@H](O[C@H]3[C@H](O)[C@@H](O)[C@H](O)O[C@@H]3CO)[C@H](O)[C@@H](O)[C@@H]2O)[C@H](O)[C@@H](O)[C@@H]1O. The predicted octanol–water partition coefficient (Wildman–Crippen LogP) is -7.57. The molecule has 0 aromatic carbocycles. The molecule has 1 unspecified atom stereocenters. The fraction of sp³-hybridized carbons (Fsp3) is 1.00. The Bertz CT molecular complexity index is 637. The number of rotatable bonds is 7. The number of ether oxygens (including phenoxy) is 5. The van der Waals surface area contributed by atoms with Gasteiger partial charge in [-0.25, -0.2) is 0 Å².